The molecule has 2 aromatic heterocycles. The number of aryl methyl sites for hydroxylation is 1. The summed E-state index contributed by atoms with van der Waals surface area (Å²) in [6, 6.07) is 5.53. The van der Waals surface area contributed by atoms with E-state index in [0.717, 1.165) is 16.3 Å². The van der Waals surface area contributed by atoms with Crippen LogP contribution in [0.2, 0.25) is 0 Å². The molecule has 0 unspecified atom stereocenters. The topological polar surface area (TPSA) is 84.4 Å². The molecule has 0 saturated carbocycles. The molecule has 1 N–H and O–H groups in total. The summed E-state index contributed by atoms with van der Waals surface area (Å²) < 4.78 is 5.50. The Bertz CT molecular complexity index is 968. The van der Waals surface area contributed by atoms with Crippen LogP contribution in [0.3, 0.4) is 0 Å². The number of hydrogen-bond donors (Lipinski definition) is 1. The fourth-order valence-corrected chi connectivity index (χ4v) is 3.79. The van der Waals surface area contributed by atoms with Gasteiger partial charge in [0.2, 0.25) is 5.91 Å². The molecule has 0 aliphatic carbocycles. The Morgan fingerprint density at radius 3 is 3.00 bits per heavy atom. The molecule has 0 radical (unpaired) electrons. The van der Waals surface area contributed by atoms with Crippen molar-refractivity contribution >= 4 is 45.3 Å². The van der Waals surface area contributed by atoms with Crippen LogP contribution >= 0.6 is 22.7 Å². The monoisotopic (exact) mass is 386 g/mol. The van der Waals surface area contributed by atoms with Crippen LogP contribution in [0.4, 0.5) is 10.8 Å². The molecule has 0 saturated heterocycles. The van der Waals surface area contributed by atoms with E-state index in [4.69, 9.17) is 4.74 Å². The standard InChI is InChI=1S/C17H14N4O3S2/c1-10-19-12(9-26-10)11-2-3-14-13(6-11)21(16(23)8-24-14)7-15(22)20-17-18-4-5-25-17/h2-6,9H,7-8H2,1H3,(H,18,20,22). The lowest BCUT2D eigenvalue weighted by Crippen LogP contribution is -2.43. The average Bonchev–Trinajstić information content (AvgIpc) is 3.29. The lowest BCUT2D eigenvalue weighted by Gasteiger charge is -2.29. The van der Waals surface area contributed by atoms with E-state index in [0.29, 0.717) is 16.6 Å². The molecule has 132 valence electrons. The number of hydrogen-bond acceptors (Lipinski definition) is 7. The van der Waals surface area contributed by atoms with Crippen LogP contribution in [0.15, 0.2) is 35.2 Å². The van der Waals surface area contributed by atoms with Gasteiger partial charge in [-0.2, -0.15) is 0 Å². The highest BCUT2D eigenvalue weighted by atomic mass is 32.1. The number of carbonyl (C=O) groups excluding carboxylic acids is 2. The SMILES string of the molecule is Cc1nc(-c2ccc3c(c2)N(CC(=O)Nc2nccs2)C(=O)CO3)cs1. The largest absolute Gasteiger partial charge is 0.482 e. The molecule has 3 aromatic rings. The lowest BCUT2D eigenvalue weighted by atomic mass is 10.1. The number of nitrogens with one attached hydrogen (secondary N) is 1. The molecule has 0 spiro atoms. The maximum Gasteiger partial charge on any atom is 0.265 e. The molecule has 7 nitrogen and oxygen atoms in total. The van der Waals surface area contributed by atoms with Crippen LogP contribution in [0.5, 0.6) is 5.75 Å². The molecule has 2 amide bonds. The lowest BCUT2D eigenvalue weighted by molar-refractivity contribution is -0.123. The van der Waals surface area contributed by atoms with Gasteiger partial charge in [-0.15, -0.1) is 22.7 Å². The van der Waals surface area contributed by atoms with Crippen molar-refractivity contribution in [1.82, 2.24) is 9.97 Å². The van der Waals surface area contributed by atoms with Gasteiger partial charge in [-0.3, -0.25) is 14.5 Å². The number of fused-ring (bicyclic) bond motifs is 1. The summed E-state index contributed by atoms with van der Waals surface area (Å²) in [5.74, 6) is -0.00296. The van der Waals surface area contributed by atoms with Gasteiger partial charge in [-0.1, -0.05) is 0 Å². The molecule has 3 heterocycles. The highest BCUT2D eigenvalue weighted by Crippen LogP contribution is 2.36. The summed E-state index contributed by atoms with van der Waals surface area (Å²) in [4.78, 5) is 34.6. The fraction of sp³-hybridized carbons (Fsp3) is 0.176. The van der Waals surface area contributed by atoms with Gasteiger partial charge in [-0.25, -0.2) is 9.97 Å². The van der Waals surface area contributed by atoms with Crippen molar-refractivity contribution < 1.29 is 14.3 Å². The summed E-state index contributed by atoms with van der Waals surface area (Å²) in [5, 5.41) is 7.89. The van der Waals surface area contributed by atoms with E-state index < -0.39 is 0 Å². The van der Waals surface area contributed by atoms with Crippen molar-refractivity contribution in [3.05, 3.63) is 40.2 Å². The van der Waals surface area contributed by atoms with Gasteiger partial charge in [0.05, 0.1) is 16.4 Å². The second-order valence-corrected chi connectivity index (χ2v) is 7.55. The Labute approximate surface area is 157 Å². The Balaban J connectivity index is 1.62. The zero-order valence-corrected chi connectivity index (χ0v) is 15.4. The third kappa shape index (κ3) is 3.31. The van der Waals surface area contributed by atoms with Gasteiger partial charge in [0, 0.05) is 22.5 Å². The van der Waals surface area contributed by atoms with Crippen LogP contribution in [-0.4, -0.2) is 34.9 Å². The zero-order valence-electron chi connectivity index (χ0n) is 13.8. The van der Waals surface area contributed by atoms with Crippen LogP contribution < -0.4 is 15.0 Å². The van der Waals surface area contributed by atoms with E-state index in [1.165, 1.54) is 16.2 Å². The maximum atomic E-state index is 12.3. The highest BCUT2D eigenvalue weighted by molar-refractivity contribution is 7.13. The molecule has 1 aliphatic heterocycles. The number of amides is 2. The maximum absolute atomic E-state index is 12.3. The molecule has 0 bridgehead atoms. The average molecular weight is 386 g/mol. The highest BCUT2D eigenvalue weighted by Gasteiger charge is 2.28. The summed E-state index contributed by atoms with van der Waals surface area (Å²) in [7, 11) is 0. The number of aromatic nitrogens is 2. The minimum atomic E-state index is -0.309. The number of anilines is 2. The smallest absolute Gasteiger partial charge is 0.265 e. The summed E-state index contributed by atoms with van der Waals surface area (Å²) >= 11 is 2.88. The minimum Gasteiger partial charge on any atom is -0.482 e. The van der Waals surface area contributed by atoms with E-state index in [-0.39, 0.29) is 25.0 Å². The van der Waals surface area contributed by atoms with E-state index in [2.05, 4.69) is 15.3 Å². The van der Waals surface area contributed by atoms with Crippen LogP contribution in [0.25, 0.3) is 11.3 Å². The Hall–Kier alpha value is -2.78. The minimum absolute atomic E-state index is 0.0906. The summed E-state index contributed by atoms with van der Waals surface area (Å²) in [6.45, 7) is 1.75. The first kappa shape index (κ1) is 16.7. The van der Waals surface area contributed by atoms with E-state index in [1.807, 2.05) is 24.4 Å². The van der Waals surface area contributed by atoms with Crippen LogP contribution in [0, 0.1) is 6.92 Å². The Morgan fingerprint density at radius 1 is 1.38 bits per heavy atom. The second kappa shape index (κ2) is 6.85. The van der Waals surface area contributed by atoms with E-state index in [1.54, 1.807) is 29.0 Å². The predicted molar refractivity (Wildman–Crippen MR) is 101 cm³/mol. The van der Waals surface area contributed by atoms with Gasteiger partial charge in [0.1, 0.15) is 12.3 Å². The predicted octanol–water partition coefficient (Wildman–Crippen LogP) is 2.94. The molecule has 9 heteroatoms. The first-order valence-electron chi connectivity index (χ1n) is 7.79. The Kier molecular flexibility index (Phi) is 4.39. The fourth-order valence-electron chi connectivity index (χ4n) is 2.62. The molecular weight excluding hydrogens is 372 g/mol. The number of ether oxygens (including phenoxy) is 1. The van der Waals surface area contributed by atoms with Crippen molar-refractivity contribution in [1.29, 1.82) is 0 Å². The zero-order chi connectivity index (χ0) is 18.1. The van der Waals surface area contributed by atoms with Crippen molar-refractivity contribution in [3.8, 4) is 17.0 Å². The third-order valence-electron chi connectivity index (χ3n) is 3.80. The number of carbonyl (C=O) groups is 2. The first-order chi connectivity index (χ1) is 12.6. The van der Waals surface area contributed by atoms with Crippen molar-refractivity contribution in [3.63, 3.8) is 0 Å². The van der Waals surface area contributed by atoms with Crippen molar-refractivity contribution in [2.24, 2.45) is 0 Å². The van der Waals surface area contributed by atoms with Crippen molar-refractivity contribution in [2.75, 3.05) is 23.4 Å². The van der Waals surface area contributed by atoms with Gasteiger partial charge < -0.3 is 10.1 Å². The second-order valence-electron chi connectivity index (χ2n) is 5.59. The number of benzene rings is 1. The third-order valence-corrected chi connectivity index (χ3v) is 5.26. The molecule has 0 atom stereocenters. The first-order valence-corrected chi connectivity index (χ1v) is 9.55. The summed E-state index contributed by atoms with van der Waals surface area (Å²) in [6.07, 6.45) is 1.61. The molecule has 4 rings (SSSR count). The number of rotatable bonds is 4. The summed E-state index contributed by atoms with van der Waals surface area (Å²) in [5.41, 5.74) is 2.27. The Morgan fingerprint density at radius 2 is 2.27 bits per heavy atom. The quantitative estimate of drug-likeness (QED) is 0.745. The number of thiazole rings is 2. The molecule has 1 aliphatic rings. The van der Waals surface area contributed by atoms with Gasteiger partial charge in [0.15, 0.2) is 11.7 Å². The van der Waals surface area contributed by atoms with Gasteiger partial charge >= 0.3 is 0 Å². The normalized spacial score (nSPS) is 13.3. The van der Waals surface area contributed by atoms with Crippen molar-refractivity contribution in [2.45, 2.75) is 6.92 Å². The van der Waals surface area contributed by atoms with Gasteiger partial charge in [0.25, 0.3) is 5.91 Å². The molecule has 26 heavy (non-hydrogen) atoms. The molecule has 0 fully saturated rings. The molecular formula is C17H14N4O3S2. The molecule has 1 aromatic carbocycles. The number of nitrogens with zero attached hydrogens (tertiary/aromatic N) is 3. The van der Waals surface area contributed by atoms with Gasteiger partial charge in [-0.05, 0) is 25.1 Å². The van der Waals surface area contributed by atoms with E-state index >= 15 is 0 Å². The van der Waals surface area contributed by atoms with Crippen LogP contribution in [0.1, 0.15) is 5.01 Å². The van der Waals surface area contributed by atoms with Crippen LogP contribution in [-0.2, 0) is 9.59 Å². The van der Waals surface area contributed by atoms with E-state index in [9.17, 15) is 9.59 Å².